The van der Waals surface area contributed by atoms with Gasteiger partial charge in [-0.25, -0.2) is 0 Å². The highest BCUT2D eigenvalue weighted by molar-refractivity contribution is 7.20. The van der Waals surface area contributed by atoms with Crippen LogP contribution in [-0.4, -0.2) is 4.98 Å². The fourth-order valence-electron chi connectivity index (χ4n) is 1.49. The van der Waals surface area contributed by atoms with Gasteiger partial charge in [0.25, 0.3) is 0 Å². The van der Waals surface area contributed by atoms with Crippen LogP contribution in [-0.2, 0) is 6.42 Å². The van der Waals surface area contributed by atoms with Gasteiger partial charge in [-0.15, -0.1) is 11.3 Å². The maximum Gasteiger partial charge on any atom is 0.0992 e. The van der Waals surface area contributed by atoms with Crippen molar-refractivity contribution >= 4 is 34.5 Å². The van der Waals surface area contributed by atoms with E-state index in [4.69, 9.17) is 28.9 Å². The highest BCUT2D eigenvalue weighted by Gasteiger charge is 2.14. The molecule has 1 atom stereocenters. The lowest BCUT2D eigenvalue weighted by atomic mass is 10.0. The van der Waals surface area contributed by atoms with Crippen LogP contribution in [0.1, 0.15) is 17.2 Å². The predicted octanol–water partition coefficient (Wildman–Crippen LogP) is 3.69. The molecule has 0 spiro atoms. The zero-order chi connectivity index (χ0) is 11.5. The average Bonchev–Trinajstić information content (AvgIpc) is 2.59. The van der Waals surface area contributed by atoms with E-state index < -0.39 is 0 Å². The lowest BCUT2D eigenvalue weighted by Gasteiger charge is -2.10. The quantitative estimate of drug-likeness (QED) is 0.926. The highest BCUT2D eigenvalue weighted by atomic mass is 35.5. The molecule has 0 aliphatic rings. The van der Waals surface area contributed by atoms with Crippen LogP contribution in [0.5, 0.6) is 0 Å². The summed E-state index contributed by atoms with van der Waals surface area (Å²) in [6.07, 6.45) is 4.24. The van der Waals surface area contributed by atoms with Crippen molar-refractivity contribution in [2.75, 3.05) is 0 Å². The second kappa shape index (κ2) is 5.15. The van der Waals surface area contributed by atoms with E-state index in [0.29, 0.717) is 8.67 Å². The standard InChI is InChI=1S/C11H10Cl2N2S/c12-10-6-8(11(13)16-10)9(14)5-7-1-3-15-4-2-7/h1-4,6,9H,5,14H2. The molecule has 2 N–H and O–H groups in total. The lowest BCUT2D eigenvalue weighted by molar-refractivity contribution is 0.724. The summed E-state index contributed by atoms with van der Waals surface area (Å²) in [7, 11) is 0. The molecule has 2 aromatic heterocycles. The number of thiophene rings is 1. The molecule has 0 aliphatic heterocycles. The maximum absolute atomic E-state index is 6.08. The van der Waals surface area contributed by atoms with Gasteiger partial charge >= 0.3 is 0 Å². The Labute approximate surface area is 108 Å². The van der Waals surface area contributed by atoms with Crippen molar-refractivity contribution in [1.29, 1.82) is 0 Å². The summed E-state index contributed by atoms with van der Waals surface area (Å²) >= 11 is 13.3. The van der Waals surface area contributed by atoms with Gasteiger partial charge in [0.1, 0.15) is 0 Å². The van der Waals surface area contributed by atoms with Crippen molar-refractivity contribution < 1.29 is 0 Å². The van der Waals surface area contributed by atoms with Gasteiger partial charge in [0.15, 0.2) is 0 Å². The fraction of sp³-hybridized carbons (Fsp3) is 0.182. The minimum absolute atomic E-state index is 0.126. The van der Waals surface area contributed by atoms with E-state index >= 15 is 0 Å². The average molecular weight is 273 g/mol. The first-order chi connectivity index (χ1) is 7.66. The Morgan fingerprint density at radius 3 is 2.56 bits per heavy atom. The molecule has 0 aliphatic carbocycles. The van der Waals surface area contributed by atoms with Crippen molar-refractivity contribution in [3.8, 4) is 0 Å². The molecular formula is C11H10Cl2N2S. The summed E-state index contributed by atoms with van der Waals surface area (Å²) in [5, 5.41) is 0. The minimum atomic E-state index is -0.126. The monoisotopic (exact) mass is 272 g/mol. The van der Waals surface area contributed by atoms with Crippen LogP contribution in [0, 0.1) is 0 Å². The molecule has 2 aromatic rings. The summed E-state index contributed by atoms with van der Waals surface area (Å²) in [6.45, 7) is 0. The summed E-state index contributed by atoms with van der Waals surface area (Å²) in [5.41, 5.74) is 8.13. The van der Waals surface area contributed by atoms with Crippen LogP contribution in [0.4, 0.5) is 0 Å². The van der Waals surface area contributed by atoms with Gasteiger partial charge in [0.05, 0.1) is 8.67 Å². The van der Waals surface area contributed by atoms with E-state index in [1.807, 2.05) is 18.2 Å². The number of hydrogen-bond donors (Lipinski definition) is 1. The third-order valence-corrected chi connectivity index (χ3v) is 3.81. The number of hydrogen-bond acceptors (Lipinski definition) is 3. The smallest absolute Gasteiger partial charge is 0.0992 e. The summed E-state index contributed by atoms with van der Waals surface area (Å²) in [5.74, 6) is 0. The molecule has 0 saturated heterocycles. The second-order valence-corrected chi connectivity index (χ2v) is 5.73. The number of halogens is 2. The van der Waals surface area contributed by atoms with E-state index in [2.05, 4.69) is 4.98 Å². The zero-order valence-corrected chi connectivity index (χ0v) is 10.7. The van der Waals surface area contributed by atoms with Crippen LogP contribution < -0.4 is 5.73 Å². The molecule has 1 unspecified atom stereocenters. The van der Waals surface area contributed by atoms with Gasteiger partial charge < -0.3 is 5.73 Å². The molecule has 2 nitrogen and oxygen atoms in total. The lowest BCUT2D eigenvalue weighted by Crippen LogP contribution is -2.12. The first-order valence-electron chi connectivity index (χ1n) is 4.76. The Kier molecular flexibility index (Phi) is 3.82. The first kappa shape index (κ1) is 11.9. The van der Waals surface area contributed by atoms with Gasteiger partial charge in [-0.1, -0.05) is 23.2 Å². The van der Waals surface area contributed by atoms with E-state index in [1.54, 1.807) is 12.4 Å². The molecule has 0 saturated carbocycles. The van der Waals surface area contributed by atoms with E-state index in [-0.39, 0.29) is 6.04 Å². The van der Waals surface area contributed by atoms with E-state index in [9.17, 15) is 0 Å². The molecule has 0 aromatic carbocycles. The third-order valence-electron chi connectivity index (χ3n) is 2.29. The van der Waals surface area contributed by atoms with Crippen molar-refractivity contribution in [3.05, 3.63) is 50.4 Å². The maximum atomic E-state index is 6.08. The fourth-order valence-corrected chi connectivity index (χ4v) is 3.09. The van der Waals surface area contributed by atoms with E-state index in [1.165, 1.54) is 11.3 Å². The van der Waals surface area contributed by atoms with Crippen LogP contribution >= 0.6 is 34.5 Å². The Bertz CT molecular complexity index is 470. The number of nitrogens with two attached hydrogens (primary N) is 1. The number of nitrogens with zero attached hydrogens (tertiary/aromatic N) is 1. The highest BCUT2D eigenvalue weighted by Crippen LogP contribution is 2.35. The van der Waals surface area contributed by atoms with E-state index in [0.717, 1.165) is 17.5 Å². The number of pyridine rings is 1. The van der Waals surface area contributed by atoms with Gasteiger partial charge in [0.2, 0.25) is 0 Å². The van der Waals surface area contributed by atoms with Crippen LogP contribution in [0.2, 0.25) is 8.67 Å². The molecule has 2 heterocycles. The van der Waals surface area contributed by atoms with Crippen molar-refractivity contribution in [2.45, 2.75) is 12.5 Å². The molecule has 0 fully saturated rings. The molecule has 2 rings (SSSR count). The van der Waals surface area contributed by atoms with Crippen molar-refractivity contribution in [3.63, 3.8) is 0 Å². The SMILES string of the molecule is NC(Cc1ccncc1)c1cc(Cl)sc1Cl. The minimum Gasteiger partial charge on any atom is -0.324 e. The topological polar surface area (TPSA) is 38.9 Å². The van der Waals surface area contributed by atoms with Crippen molar-refractivity contribution in [1.82, 2.24) is 4.98 Å². The molecule has 84 valence electrons. The van der Waals surface area contributed by atoms with Crippen LogP contribution in [0.3, 0.4) is 0 Å². The van der Waals surface area contributed by atoms with Crippen LogP contribution in [0.15, 0.2) is 30.6 Å². The Hall–Kier alpha value is -0.610. The predicted molar refractivity (Wildman–Crippen MR) is 69.2 cm³/mol. The van der Waals surface area contributed by atoms with Gasteiger partial charge in [-0.05, 0) is 30.2 Å². The first-order valence-corrected chi connectivity index (χ1v) is 6.33. The molecule has 0 radical (unpaired) electrons. The Morgan fingerprint density at radius 1 is 1.31 bits per heavy atom. The third kappa shape index (κ3) is 2.74. The molecule has 5 heteroatoms. The van der Waals surface area contributed by atoms with Gasteiger partial charge in [-0.3, -0.25) is 4.98 Å². The normalized spacial score (nSPS) is 12.7. The Morgan fingerprint density at radius 2 is 2.00 bits per heavy atom. The number of aromatic nitrogens is 1. The number of rotatable bonds is 3. The zero-order valence-electron chi connectivity index (χ0n) is 8.36. The molecule has 0 amide bonds. The molecular weight excluding hydrogens is 263 g/mol. The Balaban J connectivity index is 2.14. The van der Waals surface area contributed by atoms with Crippen LogP contribution in [0.25, 0.3) is 0 Å². The molecule has 16 heavy (non-hydrogen) atoms. The van der Waals surface area contributed by atoms with Gasteiger partial charge in [0, 0.05) is 24.0 Å². The van der Waals surface area contributed by atoms with Gasteiger partial charge in [-0.2, -0.15) is 0 Å². The summed E-state index contributed by atoms with van der Waals surface area (Å²) in [4.78, 5) is 3.96. The molecule has 0 bridgehead atoms. The summed E-state index contributed by atoms with van der Waals surface area (Å²) < 4.78 is 1.34. The summed E-state index contributed by atoms with van der Waals surface area (Å²) in [6, 6.07) is 5.60. The largest absolute Gasteiger partial charge is 0.324 e. The second-order valence-electron chi connectivity index (χ2n) is 3.45. The van der Waals surface area contributed by atoms with Crippen molar-refractivity contribution in [2.24, 2.45) is 5.73 Å².